The number of rotatable bonds is 2. The van der Waals surface area contributed by atoms with Crippen molar-refractivity contribution < 1.29 is 13.6 Å². The van der Waals surface area contributed by atoms with E-state index in [0.717, 1.165) is 5.56 Å². The summed E-state index contributed by atoms with van der Waals surface area (Å²) in [6.45, 7) is 0.107. The Kier molecular flexibility index (Phi) is 3.79. The number of amides is 1. The first-order valence-corrected chi connectivity index (χ1v) is 6.95. The van der Waals surface area contributed by atoms with Crippen molar-refractivity contribution in [2.45, 2.75) is 18.8 Å². The number of likely N-dealkylation sites (tertiary alicyclic amines) is 1. The maximum absolute atomic E-state index is 13.1. The number of piperidine rings is 1. The zero-order valence-electron chi connectivity index (χ0n) is 11.7. The Balaban J connectivity index is 1.72. The number of pyridine rings is 1. The minimum Gasteiger partial charge on any atom is -0.338 e. The Morgan fingerprint density at radius 3 is 2.27 bits per heavy atom. The number of alkyl halides is 2. The maximum atomic E-state index is 13.1. The average Bonchev–Trinajstić information content (AvgIpc) is 2.55. The first-order chi connectivity index (χ1) is 10.6. The average molecular weight is 304 g/mol. The van der Waals surface area contributed by atoms with Gasteiger partial charge in [-0.05, 0) is 12.1 Å². The van der Waals surface area contributed by atoms with Crippen LogP contribution in [0.4, 0.5) is 8.78 Å². The molecule has 3 rings (SSSR count). The van der Waals surface area contributed by atoms with E-state index < -0.39 is 5.92 Å². The first kappa shape index (κ1) is 14.5. The standard InChI is InChI=1S/C15H14F2N4O/c16-15(17)3-7-21(8-4-15)14(22)12-9-19-13(20-10-12)11-1-5-18-6-2-11/h1-2,5-6,9-10H,3-4,7-8H2. The number of halogens is 2. The lowest BCUT2D eigenvalue weighted by molar-refractivity contribution is -0.0494. The molecule has 0 aromatic carbocycles. The van der Waals surface area contributed by atoms with Crippen LogP contribution in [0, 0.1) is 0 Å². The van der Waals surface area contributed by atoms with Gasteiger partial charge in [0, 0.05) is 56.3 Å². The quantitative estimate of drug-likeness (QED) is 0.855. The van der Waals surface area contributed by atoms with E-state index in [-0.39, 0.29) is 31.8 Å². The van der Waals surface area contributed by atoms with E-state index in [4.69, 9.17) is 0 Å². The van der Waals surface area contributed by atoms with Crippen LogP contribution in [0.3, 0.4) is 0 Å². The van der Waals surface area contributed by atoms with Crippen molar-refractivity contribution in [1.82, 2.24) is 19.9 Å². The fourth-order valence-corrected chi connectivity index (χ4v) is 2.31. The summed E-state index contributed by atoms with van der Waals surface area (Å²) in [5.41, 5.74) is 1.11. The van der Waals surface area contributed by atoms with Crippen molar-refractivity contribution in [2.24, 2.45) is 0 Å². The fraction of sp³-hybridized carbons (Fsp3) is 0.333. The van der Waals surface area contributed by atoms with Gasteiger partial charge >= 0.3 is 0 Å². The van der Waals surface area contributed by atoms with Crippen LogP contribution >= 0.6 is 0 Å². The second kappa shape index (κ2) is 5.75. The molecular formula is C15H14F2N4O. The van der Waals surface area contributed by atoms with E-state index in [1.54, 1.807) is 24.5 Å². The molecule has 2 aromatic heterocycles. The molecule has 1 saturated heterocycles. The number of aromatic nitrogens is 3. The molecule has 1 amide bonds. The summed E-state index contributed by atoms with van der Waals surface area (Å²) in [4.78, 5) is 25.9. The molecule has 0 bridgehead atoms. The van der Waals surface area contributed by atoms with Crippen LogP contribution < -0.4 is 0 Å². The molecule has 1 fully saturated rings. The molecule has 7 heteroatoms. The van der Waals surface area contributed by atoms with Gasteiger partial charge < -0.3 is 4.90 Å². The third-order valence-corrected chi connectivity index (χ3v) is 3.62. The highest BCUT2D eigenvalue weighted by molar-refractivity contribution is 5.93. The van der Waals surface area contributed by atoms with Gasteiger partial charge in [0.2, 0.25) is 0 Å². The van der Waals surface area contributed by atoms with E-state index in [9.17, 15) is 13.6 Å². The SMILES string of the molecule is O=C(c1cnc(-c2ccncc2)nc1)N1CCC(F)(F)CC1. The highest BCUT2D eigenvalue weighted by atomic mass is 19.3. The molecule has 114 valence electrons. The second-order valence-corrected chi connectivity index (χ2v) is 5.18. The van der Waals surface area contributed by atoms with Gasteiger partial charge in [0.05, 0.1) is 5.56 Å². The van der Waals surface area contributed by atoms with Crippen molar-refractivity contribution in [3.8, 4) is 11.4 Å². The minimum atomic E-state index is -2.67. The van der Waals surface area contributed by atoms with Crippen LogP contribution in [0.5, 0.6) is 0 Å². The number of carbonyl (C=O) groups excluding carboxylic acids is 1. The van der Waals surface area contributed by atoms with Gasteiger partial charge in [0.15, 0.2) is 5.82 Å². The monoisotopic (exact) mass is 304 g/mol. The smallest absolute Gasteiger partial charge is 0.256 e. The van der Waals surface area contributed by atoms with Crippen LogP contribution in [0.25, 0.3) is 11.4 Å². The van der Waals surface area contributed by atoms with Crippen molar-refractivity contribution in [3.63, 3.8) is 0 Å². The van der Waals surface area contributed by atoms with Gasteiger partial charge in [-0.1, -0.05) is 0 Å². The molecule has 2 aromatic rings. The maximum Gasteiger partial charge on any atom is 0.256 e. The molecule has 22 heavy (non-hydrogen) atoms. The van der Waals surface area contributed by atoms with E-state index in [2.05, 4.69) is 15.0 Å². The van der Waals surface area contributed by atoms with Crippen LogP contribution in [-0.4, -0.2) is 44.8 Å². The zero-order valence-corrected chi connectivity index (χ0v) is 11.7. The summed E-state index contributed by atoms with van der Waals surface area (Å²) in [5, 5.41) is 0. The fourth-order valence-electron chi connectivity index (χ4n) is 2.31. The molecular weight excluding hydrogens is 290 g/mol. The number of carbonyl (C=O) groups is 1. The molecule has 5 nitrogen and oxygen atoms in total. The zero-order chi connectivity index (χ0) is 15.6. The van der Waals surface area contributed by atoms with E-state index in [0.29, 0.717) is 11.4 Å². The molecule has 3 heterocycles. The lowest BCUT2D eigenvalue weighted by Gasteiger charge is -2.31. The molecule has 0 spiro atoms. The third-order valence-electron chi connectivity index (χ3n) is 3.62. The van der Waals surface area contributed by atoms with Crippen molar-refractivity contribution in [3.05, 3.63) is 42.5 Å². The molecule has 0 saturated carbocycles. The van der Waals surface area contributed by atoms with E-state index in [1.165, 1.54) is 17.3 Å². The van der Waals surface area contributed by atoms with E-state index in [1.807, 2.05) is 0 Å². The van der Waals surface area contributed by atoms with Crippen LogP contribution in [0.2, 0.25) is 0 Å². The van der Waals surface area contributed by atoms with Gasteiger partial charge in [-0.2, -0.15) is 0 Å². The highest BCUT2D eigenvalue weighted by Crippen LogP contribution is 2.28. The Bertz CT molecular complexity index is 651. The Morgan fingerprint density at radius 2 is 1.68 bits per heavy atom. The number of hydrogen-bond acceptors (Lipinski definition) is 4. The van der Waals surface area contributed by atoms with Gasteiger partial charge in [-0.25, -0.2) is 18.7 Å². The normalized spacial score (nSPS) is 17.3. The lowest BCUT2D eigenvalue weighted by Crippen LogP contribution is -2.42. The molecule has 0 N–H and O–H groups in total. The van der Waals surface area contributed by atoms with Gasteiger partial charge in [-0.3, -0.25) is 9.78 Å². The summed E-state index contributed by atoms with van der Waals surface area (Å²) < 4.78 is 26.2. The molecule has 1 aliphatic rings. The molecule has 0 aliphatic carbocycles. The molecule has 0 radical (unpaired) electrons. The predicted octanol–water partition coefficient (Wildman–Crippen LogP) is 2.41. The first-order valence-electron chi connectivity index (χ1n) is 6.95. The summed E-state index contributed by atoms with van der Waals surface area (Å²) in [6, 6.07) is 3.53. The van der Waals surface area contributed by atoms with Crippen LogP contribution in [-0.2, 0) is 0 Å². The molecule has 0 unspecified atom stereocenters. The summed E-state index contributed by atoms with van der Waals surface area (Å²) in [6.07, 6.45) is 5.52. The van der Waals surface area contributed by atoms with Gasteiger partial charge in [-0.15, -0.1) is 0 Å². The van der Waals surface area contributed by atoms with Crippen molar-refractivity contribution in [1.29, 1.82) is 0 Å². The Morgan fingerprint density at radius 1 is 1.09 bits per heavy atom. The van der Waals surface area contributed by atoms with Crippen LogP contribution in [0.15, 0.2) is 36.9 Å². The molecule has 1 aliphatic heterocycles. The second-order valence-electron chi connectivity index (χ2n) is 5.18. The van der Waals surface area contributed by atoms with Crippen molar-refractivity contribution >= 4 is 5.91 Å². The van der Waals surface area contributed by atoms with Gasteiger partial charge in [0.25, 0.3) is 11.8 Å². The third kappa shape index (κ3) is 3.08. The van der Waals surface area contributed by atoms with Crippen molar-refractivity contribution in [2.75, 3.05) is 13.1 Å². The summed E-state index contributed by atoms with van der Waals surface area (Å²) in [5.74, 6) is -2.49. The number of hydrogen-bond donors (Lipinski definition) is 0. The topological polar surface area (TPSA) is 59.0 Å². The summed E-state index contributed by atoms with van der Waals surface area (Å²) in [7, 11) is 0. The van der Waals surface area contributed by atoms with Crippen LogP contribution in [0.1, 0.15) is 23.2 Å². The van der Waals surface area contributed by atoms with E-state index >= 15 is 0 Å². The number of nitrogens with zero attached hydrogens (tertiary/aromatic N) is 4. The summed E-state index contributed by atoms with van der Waals surface area (Å²) >= 11 is 0. The Labute approximate surface area is 126 Å². The largest absolute Gasteiger partial charge is 0.338 e. The highest BCUT2D eigenvalue weighted by Gasteiger charge is 2.35. The molecule has 0 atom stereocenters. The predicted molar refractivity (Wildman–Crippen MR) is 75.3 cm³/mol. The Hall–Kier alpha value is -2.44. The lowest BCUT2D eigenvalue weighted by atomic mass is 10.1. The minimum absolute atomic E-state index is 0.0535. The van der Waals surface area contributed by atoms with Gasteiger partial charge in [0.1, 0.15) is 0 Å².